The van der Waals surface area contributed by atoms with Crippen LogP contribution in [0.4, 0.5) is 0 Å². The molecule has 160 valence electrons. The van der Waals surface area contributed by atoms with Gasteiger partial charge in [0.1, 0.15) is 11.5 Å². The molecule has 0 aliphatic rings. The Labute approximate surface area is 189 Å². The number of rotatable bonds is 8. The standard InChI is InChI=1S/C29H27O3/c1-3-30-26-16-11-23(12-17-26)25-20-28(15-10-22-8-6-5-7-9-22)32-29(21-25)24-13-18-27(19-14-24)31-4-2/h5-21H,3-4H2,1-2H3/q+1/b15-10+. The molecule has 3 aromatic carbocycles. The van der Waals surface area contributed by atoms with Crippen molar-refractivity contribution in [2.45, 2.75) is 13.8 Å². The van der Waals surface area contributed by atoms with E-state index in [9.17, 15) is 0 Å². The number of hydrogen-bond donors (Lipinski definition) is 0. The van der Waals surface area contributed by atoms with Crippen LogP contribution in [-0.4, -0.2) is 13.2 Å². The zero-order valence-corrected chi connectivity index (χ0v) is 18.5. The molecule has 0 aliphatic heterocycles. The van der Waals surface area contributed by atoms with E-state index in [2.05, 4.69) is 42.5 Å². The summed E-state index contributed by atoms with van der Waals surface area (Å²) < 4.78 is 17.4. The molecule has 0 saturated carbocycles. The van der Waals surface area contributed by atoms with Crippen molar-refractivity contribution in [3.8, 4) is 33.9 Å². The molecule has 0 aliphatic carbocycles. The normalized spacial score (nSPS) is 10.9. The third kappa shape index (κ3) is 5.44. The van der Waals surface area contributed by atoms with E-state index in [1.165, 1.54) is 0 Å². The van der Waals surface area contributed by atoms with Crippen LogP contribution in [-0.2, 0) is 0 Å². The fraction of sp³-hybridized carbons (Fsp3) is 0.138. The van der Waals surface area contributed by atoms with Crippen molar-refractivity contribution in [2.75, 3.05) is 13.2 Å². The topological polar surface area (TPSA) is 29.8 Å². The highest BCUT2D eigenvalue weighted by atomic mass is 16.5. The van der Waals surface area contributed by atoms with Crippen molar-refractivity contribution < 1.29 is 13.9 Å². The Hall–Kier alpha value is -3.85. The predicted octanol–water partition coefficient (Wildman–Crippen LogP) is 7.86. The van der Waals surface area contributed by atoms with Crippen molar-refractivity contribution in [1.82, 2.24) is 0 Å². The molecular formula is C29H27O3+. The van der Waals surface area contributed by atoms with E-state index in [-0.39, 0.29) is 0 Å². The molecule has 32 heavy (non-hydrogen) atoms. The Kier molecular flexibility index (Phi) is 6.98. The minimum absolute atomic E-state index is 0.644. The lowest BCUT2D eigenvalue weighted by Gasteiger charge is -2.05. The summed E-state index contributed by atoms with van der Waals surface area (Å²) in [6, 6.07) is 30.5. The molecular weight excluding hydrogens is 396 g/mol. The molecule has 3 heteroatoms. The van der Waals surface area contributed by atoms with Crippen LogP contribution >= 0.6 is 0 Å². The summed E-state index contributed by atoms with van der Waals surface area (Å²) in [6.45, 7) is 5.27. The zero-order chi connectivity index (χ0) is 22.2. The van der Waals surface area contributed by atoms with Crippen LogP contribution < -0.4 is 9.47 Å². The summed E-state index contributed by atoms with van der Waals surface area (Å²) >= 11 is 0. The van der Waals surface area contributed by atoms with Crippen molar-refractivity contribution in [2.24, 2.45) is 0 Å². The number of hydrogen-bond acceptors (Lipinski definition) is 2. The van der Waals surface area contributed by atoms with E-state index in [1.54, 1.807) is 0 Å². The van der Waals surface area contributed by atoms with Crippen LogP contribution in [0.15, 0.2) is 95.4 Å². The Balaban J connectivity index is 1.73. The summed E-state index contributed by atoms with van der Waals surface area (Å²) in [5, 5.41) is 0. The molecule has 0 spiro atoms. The molecule has 0 radical (unpaired) electrons. The van der Waals surface area contributed by atoms with Gasteiger partial charge in [-0.05, 0) is 67.4 Å². The highest BCUT2D eigenvalue weighted by molar-refractivity contribution is 5.75. The van der Waals surface area contributed by atoms with E-state index < -0.39 is 0 Å². The SMILES string of the molecule is CCOc1ccc(-c2cc(/C=C/c3ccccc3)[o+]c(-c3ccc(OCC)cc3)c2)cc1. The summed E-state index contributed by atoms with van der Waals surface area (Å²) in [4.78, 5) is 0. The lowest BCUT2D eigenvalue weighted by atomic mass is 10.0. The Bertz CT molecular complexity index is 1090. The molecule has 0 unspecified atom stereocenters. The second-order valence-electron chi connectivity index (χ2n) is 7.27. The van der Waals surface area contributed by atoms with Gasteiger partial charge in [-0.25, -0.2) is 4.42 Å². The van der Waals surface area contributed by atoms with Crippen LogP contribution in [0.2, 0.25) is 0 Å². The molecule has 0 amide bonds. The van der Waals surface area contributed by atoms with E-state index in [4.69, 9.17) is 13.9 Å². The van der Waals surface area contributed by atoms with Gasteiger partial charge in [0.25, 0.3) is 0 Å². The van der Waals surface area contributed by atoms with Gasteiger partial charge in [0, 0.05) is 11.6 Å². The van der Waals surface area contributed by atoms with Crippen molar-refractivity contribution in [3.05, 3.63) is 102 Å². The number of benzene rings is 3. The number of ether oxygens (including phenoxy) is 2. The molecule has 3 nitrogen and oxygen atoms in total. The van der Waals surface area contributed by atoms with Crippen LogP contribution in [0.25, 0.3) is 34.6 Å². The van der Waals surface area contributed by atoms with Gasteiger partial charge >= 0.3 is 11.5 Å². The molecule has 1 aromatic heterocycles. The maximum atomic E-state index is 6.26. The van der Waals surface area contributed by atoms with Gasteiger partial charge in [-0.2, -0.15) is 0 Å². The van der Waals surface area contributed by atoms with E-state index in [1.807, 2.05) is 74.5 Å². The lowest BCUT2D eigenvalue weighted by molar-refractivity contribution is 0.340. The minimum Gasteiger partial charge on any atom is -0.494 e. The zero-order valence-electron chi connectivity index (χ0n) is 18.5. The lowest BCUT2D eigenvalue weighted by Crippen LogP contribution is -1.91. The van der Waals surface area contributed by atoms with Crippen molar-refractivity contribution >= 4 is 12.2 Å². The molecule has 4 rings (SSSR count). The first kappa shape index (κ1) is 21.4. The van der Waals surface area contributed by atoms with E-state index >= 15 is 0 Å². The fourth-order valence-corrected chi connectivity index (χ4v) is 3.45. The molecule has 0 N–H and O–H groups in total. The minimum atomic E-state index is 0.644. The monoisotopic (exact) mass is 423 g/mol. The Morgan fingerprint density at radius 3 is 1.81 bits per heavy atom. The average molecular weight is 424 g/mol. The average Bonchev–Trinajstić information content (AvgIpc) is 2.85. The third-order valence-electron chi connectivity index (χ3n) is 5.00. The summed E-state index contributed by atoms with van der Waals surface area (Å²) in [7, 11) is 0. The smallest absolute Gasteiger partial charge is 0.361 e. The quantitative estimate of drug-likeness (QED) is 0.270. The van der Waals surface area contributed by atoms with Gasteiger partial charge in [-0.3, -0.25) is 0 Å². The van der Waals surface area contributed by atoms with Gasteiger partial charge in [-0.1, -0.05) is 42.5 Å². The van der Waals surface area contributed by atoms with Crippen LogP contribution in [0.3, 0.4) is 0 Å². The molecule has 4 aromatic rings. The van der Waals surface area contributed by atoms with Crippen LogP contribution in [0, 0.1) is 0 Å². The summed E-state index contributed by atoms with van der Waals surface area (Å²) in [6.07, 6.45) is 4.06. The van der Waals surface area contributed by atoms with Gasteiger partial charge in [0.15, 0.2) is 0 Å². The first-order valence-corrected chi connectivity index (χ1v) is 10.9. The van der Waals surface area contributed by atoms with Gasteiger partial charge < -0.3 is 9.47 Å². The third-order valence-corrected chi connectivity index (χ3v) is 5.00. The summed E-state index contributed by atoms with van der Waals surface area (Å²) in [5.74, 6) is 3.30. The van der Waals surface area contributed by atoms with Crippen LogP contribution in [0.5, 0.6) is 11.5 Å². The molecule has 0 bridgehead atoms. The Morgan fingerprint density at radius 2 is 1.22 bits per heavy atom. The van der Waals surface area contributed by atoms with Crippen molar-refractivity contribution in [1.29, 1.82) is 0 Å². The van der Waals surface area contributed by atoms with Crippen LogP contribution in [0.1, 0.15) is 25.2 Å². The maximum Gasteiger partial charge on any atom is 0.361 e. The molecule has 1 heterocycles. The molecule has 0 atom stereocenters. The van der Waals surface area contributed by atoms with Gasteiger partial charge in [-0.15, -0.1) is 0 Å². The largest absolute Gasteiger partial charge is 0.494 e. The predicted molar refractivity (Wildman–Crippen MR) is 132 cm³/mol. The molecule has 0 fully saturated rings. The first-order chi connectivity index (χ1) is 15.7. The van der Waals surface area contributed by atoms with E-state index in [0.29, 0.717) is 13.2 Å². The van der Waals surface area contributed by atoms with Gasteiger partial charge in [0.05, 0.1) is 30.9 Å². The first-order valence-electron chi connectivity index (χ1n) is 10.9. The second kappa shape index (κ2) is 10.5. The van der Waals surface area contributed by atoms with E-state index in [0.717, 1.165) is 45.3 Å². The molecule has 0 saturated heterocycles. The second-order valence-corrected chi connectivity index (χ2v) is 7.27. The summed E-state index contributed by atoms with van der Waals surface area (Å²) in [5.41, 5.74) is 4.30. The highest BCUT2D eigenvalue weighted by Crippen LogP contribution is 2.31. The maximum absolute atomic E-state index is 6.26. The highest BCUT2D eigenvalue weighted by Gasteiger charge is 2.18. The fourth-order valence-electron chi connectivity index (χ4n) is 3.45. The van der Waals surface area contributed by atoms with Crippen molar-refractivity contribution in [3.63, 3.8) is 0 Å². The Morgan fingerprint density at radius 1 is 0.625 bits per heavy atom. The van der Waals surface area contributed by atoms with Gasteiger partial charge in [0.2, 0.25) is 0 Å².